The Bertz CT molecular complexity index is 1340. The number of amides is 1. The van der Waals surface area contributed by atoms with Gasteiger partial charge in [0.25, 0.3) is 15.9 Å². The van der Waals surface area contributed by atoms with Crippen LogP contribution in [-0.2, 0) is 14.8 Å². The summed E-state index contributed by atoms with van der Waals surface area (Å²) in [5, 5.41) is 2.80. The molecule has 1 unspecified atom stereocenters. The molecule has 7 nitrogen and oxygen atoms in total. The maximum absolute atomic E-state index is 13.5. The molecule has 0 spiro atoms. The zero-order valence-electron chi connectivity index (χ0n) is 20.4. The minimum atomic E-state index is -3.89. The lowest BCUT2D eigenvalue weighted by Crippen LogP contribution is -2.51. The van der Waals surface area contributed by atoms with E-state index in [1.807, 2.05) is 52.0 Å². The highest BCUT2D eigenvalue weighted by atomic mass is 32.2. The van der Waals surface area contributed by atoms with Gasteiger partial charge in [-0.15, -0.1) is 0 Å². The molecule has 4 rings (SSSR count). The number of nitrogens with zero attached hydrogens (tertiary/aromatic N) is 1. The molecule has 1 aliphatic heterocycles. The standard InChI is InChI=1S/C27H30N2O5S/c1-18-5-10-23(11-6-18)35(31,32)29-17-26(34-25-15-19(2)7-12-24(25)29)27(30)28-13-14-33-22-9-8-20(3)21(4)16-22/h5-12,15-16,26H,13-14,17H2,1-4H3,(H,28,30). The van der Waals surface area contributed by atoms with Gasteiger partial charge in [0, 0.05) is 0 Å². The monoisotopic (exact) mass is 494 g/mol. The van der Waals surface area contributed by atoms with Crippen molar-refractivity contribution >= 4 is 21.6 Å². The van der Waals surface area contributed by atoms with Gasteiger partial charge in [0.2, 0.25) is 0 Å². The summed E-state index contributed by atoms with van der Waals surface area (Å²) < 4.78 is 39.9. The molecule has 0 fully saturated rings. The van der Waals surface area contributed by atoms with E-state index in [9.17, 15) is 13.2 Å². The molecule has 3 aromatic rings. The molecule has 1 N–H and O–H groups in total. The highest BCUT2D eigenvalue weighted by molar-refractivity contribution is 7.92. The molecule has 184 valence electrons. The second kappa shape index (κ2) is 10.00. The van der Waals surface area contributed by atoms with Crippen LogP contribution in [-0.4, -0.2) is 40.1 Å². The summed E-state index contributed by atoms with van der Waals surface area (Å²) in [5.41, 5.74) is 4.59. The first-order valence-electron chi connectivity index (χ1n) is 11.5. The van der Waals surface area contributed by atoms with Gasteiger partial charge in [0.1, 0.15) is 18.1 Å². The first kappa shape index (κ1) is 24.6. The quantitative estimate of drug-likeness (QED) is 0.501. The van der Waals surface area contributed by atoms with Gasteiger partial charge in [0.15, 0.2) is 6.10 Å². The van der Waals surface area contributed by atoms with Crippen LogP contribution >= 0.6 is 0 Å². The maximum atomic E-state index is 13.5. The van der Waals surface area contributed by atoms with Crippen molar-refractivity contribution in [1.82, 2.24) is 5.32 Å². The van der Waals surface area contributed by atoms with Gasteiger partial charge in [-0.25, -0.2) is 8.42 Å². The zero-order valence-corrected chi connectivity index (χ0v) is 21.2. The second-order valence-electron chi connectivity index (χ2n) is 8.81. The lowest BCUT2D eigenvalue weighted by molar-refractivity contribution is -0.127. The summed E-state index contributed by atoms with van der Waals surface area (Å²) in [5.74, 6) is 0.694. The average Bonchev–Trinajstić information content (AvgIpc) is 2.83. The fraction of sp³-hybridized carbons (Fsp3) is 0.296. The van der Waals surface area contributed by atoms with Crippen LogP contribution in [0.1, 0.15) is 22.3 Å². The first-order chi connectivity index (χ1) is 16.6. The summed E-state index contributed by atoms with van der Waals surface area (Å²) in [4.78, 5) is 13.1. The second-order valence-corrected chi connectivity index (χ2v) is 10.7. The fourth-order valence-corrected chi connectivity index (χ4v) is 5.30. The third-order valence-corrected chi connectivity index (χ3v) is 7.83. The predicted octanol–water partition coefficient (Wildman–Crippen LogP) is 4.07. The molecule has 0 aromatic heterocycles. The minimum Gasteiger partial charge on any atom is -0.492 e. The van der Waals surface area contributed by atoms with E-state index in [0.717, 1.165) is 22.4 Å². The Labute approximate surface area is 206 Å². The van der Waals surface area contributed by atoms with E-state index in [0.29, 0.717) is 11.4 Å². The molecule has 1 amide bonds. The molecule has 1 heterocycles. The van der Waals surface area contributed by atoms with Gasteiger partial charge >= 0.3 is 0 Å². The number of nitrogens with one attached hydrogen (secondary N) is 1. The zero-order chi connectivity index (χ0) is 25.2. The summed E-state index contributed by atoms with van der Waals surface area (Å²) >= 11 is 0. The number of hydrogen-bond acceptors (Lipinski definition) is 5. The largest absolute Gasteiger partial charge is 0.492 e. The van der Waals surface area contributed by atoms with Crippen LogP contribution in [0.15, 0.2) is 65.6 Å². The third-order valence-electron chi connectivity index (χ3n) is 6.03. The molecule has 8 heteroatoms. The Morgan fingerprint density at radius 2 is 1.69 bits per heavy atom. The normalized spacial score (nSPS) is 15.2. The molecule has 35 heavy (non-hydrogen) atoms. The maximum Gasteiger partial charge on any atom is 0.264 e. The molecule has 1 aliphatic rings. The number of ether oxygens (including phenoxy) is 2. The molecular weight excluding hydrogens is 464 g/mol. The highest BCUT2D eigenvalue weighted by Crippen LogP contribution is 2.37. The number of fused-ring (bicyclic) bond motifs is 1. The van der Waals surface area contributed by atoms with E-state index >= 15 is 0 Å². The van der Waals surface area contributed by atoms with Gasteiger partial charge in [-0.3, -0.25) is 9.10 Å². The third kappa shape index (κ3) is 5.43. The van der Waals surface area contributed by atoms with Gasteiger partial charge in [-0.2, -0.15) is 0 Å². The van der Waals surface area contributed by atoms with Crippen molar-refractivity contribution in [2.75, 3.05) is 24.0 Å². The lowest BCUT2D eigenvalue weighted by Gasteiger charge is -2.35. The Balaban J connectivity index is 1.48. The van der Waals surface area contributed by atoms with Crippen LogP contribution in [0.2, 0.25) is 0 Å². The summed E-state index contributed by atoms with van der Waals surface area (Å²) in [6, 6.07) is 17.8. The number of benzene rings is 3. The fourth-order valence-electron chi connectivity index (χ4n) is 3.82. The SMILES string of the molecule is Cc1ccc(S(=O)(=O)N2CC(C(=O)NCCOc3ccc(C)c(C)c3)Oc3cc(C)ccc32)cc1. The molecule has 0 bridgehead atoms. The number of aryl methyl sites for hydroxylation is 4. The number of sulfonamides is 1. The Morgan fingerprint density at radius 1 is 0.971 bits per heavy atom. The topological polar surface area (TPSA) is 84.9 Å². The van der Waals surface area contributed by atoms with Crippen LogP contribution in [0.4, 0.5) is 5.69 Å². The Hall–Kier alpha value is -3.52. The van der Waals surface area contributed by atoms with E-state index in [-0.39, 0.29) is 24.6 Å². The molecule has 1 atom stereocenters. The molecule has 0 aliphatic carbocycles. The van der Waals surface area contributed by atoms with E-state index < -0.39 is 22.0 Å². The average molecular weight is 495 g/mol. The van der Waals surface area contributed by atoms with E-state index in [1.54, 1.807) is 36.4 Å². The first-order valence-corrected chi connectivity index (χ1v) is 12.9. The summed E-state index contributed by atoms with van der Waals surface area (Å²) in [6.45, 7) is 8.24. The van der Waals surface area contributed by atoms with Crippen molar-refractivity contribution in [3.8, 4) is 11.5 Å². The number of carbonyl (C=O) groups excluding carboxylic acids is 1. The van der Waals surface area contributed by atoms with Crippen LogP contribution in [0.5, 0.6) is 11.5 Å². The number of anilines is 1. The van der Waals surface area contributed by atoms with Gasteiger partial charge < -0.3 is 14.8 Å². The number of rotatable bonds is 7. The highest BCUT2D eigenvalue weighted by Gasteiger charge is 2.37. The predicted molar refractivity (Wildman–Crippen MR) is 136 cm³/mol. The Morgan fingerprint density at radius 3 is 2.40 bits per heavy atom. The van der Waals surface area contributed by atoms with Crippen molar-refractivity contribution in [2.45, 2.75) is 38.7 Å². The van der Waals surface area contributed by atoms with Gasteiger partial charge in [0.05, 0.1) is 23.7 Å². The van der Waals surface area contributed by atoms with Crippen molar-refractivity contribution < 1.29 is 22.7 Å². The van der Waals surface area contributed by atoms with Crippen molar-refractivity contribution in [1.29, 1.82) is 0 Å². The minimum absolute atomic E-state index is 0.129. The van der Waals surface area contributed by atoms with Crippen LogP contribution in [0.3, 0.4) is 0 Å². The van der Waals surface area contributed by atoms with Gasteiger partial charge in [-0.1, -0.05) is 29.8 Å². The Kier molecular flexibility index (Phi) is 7.03. The molecule has 0 saturated heterocycles. The van der Waals surface area contributed by atoms with Crippen molar-refractivity contribution in [2.24, 2.45) is 0 Å². The van der Waals surface area contributed by atoms with Crippen LogP contribution in [0, 0.1) is 27.7 Å². The molecule has 0 saturated carbocycles. The molecular formula is C27H30N2O5S. The molecule has 3 aromatic carbocycles. The molecule has 0 radical (unpaired) electrons. The lowest BCUT2D eigenvalue weighted by atomic mass is 10.1. The van der Waals surface area contributed by atoms with Gasteiger partial charge in [-0.05, 0) is 80.8 Å². The van der Waals surface area contributed by atoms with E-state index in [1.165, 1.54) is 9.87 Å². The van der Waals surface area contributed by atoms with Crippen LogP contribution in [0.25, 0.3) is 0 Å². The van der Waals surface area contributed by atoms with Crippen molar-refractivity contribution in [3.05, 3.63) is 82.9 Å². The van der Waals surface area contributed by atoms with Crippen LogP contribution < -0.4 is 19.1 Å². The van der Waals surface area contributed by atoms with E-state index in [2.05, 4.69) is 5.32 Å². The smallest absolute Gasteiger partial charge is 0.264 e. The van der Waals surface area contributed by atoms with Crippen molar-refractivity contribution in [3.63, 3.8) is 0 Å². The summed E-state index contributed by atoms with van der Waals surface area (Å²) in [6.07, 6.45) is -0.994. The van der Waals surface area contributed by atoms with E-state index in [4.69, 9.17) is 9.47 Å². The number of carbonyl (C=O) groups is 1. The summed E-state index contributed by atoms with van der Waals surface area (Å²) in [7, 11) is -3.89. The number of hydrogen-bond donors (Lipinski definition) is 1.